The average Bonchev–Trinajstić information content (AvgIpc) is 3.09. The van der Waals surface area contributed by atoms with Crippen LogP contribution in [0.2, 0.25) is 0 Å². The first kappa shape index (κ1) is 18.8. The van der Waals surface area contributed by atoms with E-state index in [0.717, 1.165) is 28.5 Å². The number of furan rings is 1. The quantitative estimate of drug-likeness (QED) is 0.628. The molecule has 3 aromatic rings. The number of benzene rings is 2. The van der Waals surface area contributed by atoms with Gasteiger partial charge in [-0.1, -0.05) is 25.1 Å². The Balaban J connectivity index is 1.71. The smallest absolute Gasteiger partial charge is 0.227 e. The van der Waals surface area contributed by atoms with Gasteiger partial charge in [0.15, 0.2) is 11.5 Å². The van der Waals surface area contributed by atoms with E-state index in [9.17, 15) is 4.79 Å². The highest BCUT2D eigenvalue weighted by atomic mass is 16.5. The Morgan fingerprint density at radius 3 is 2.48 bits per heavy atom. The summed E-state index contributed by atoms with van der Waals surface area (Å²) in [5, 5.41) is 1.00. The van der Waals surface area contributed by atoms with Gasteiger partial charge in [-0.3, -0.25) is 4.79 Å². The molecule has 1 heterocycles. The first-order valence-electron chi connectivity index (χ1n) is 8.99. The van der Waals surface area contributed by atoms with Crippen molar-refractivity contribution in [2.75, 3.05) is 21.3 Å². The molecule has 3 rings (SSSR count). The molecule has 0 N–H and O–H groups in total. The van der Waals surface area contributed by atoms with Crippen LogP contribution >= 0.6 is 0 Å². The summed E-state index contributed by atoms with van der Waals surface area (Å²) in [5.41, 5.74) is 3.95. The zero-order chi connectivity index (χ0) is 19.4. The van der Waals surface area contributed by atoms with Crippen LogP contribution in [0.3, 0.4) is 0 Å². The Labute approximate surface area is 159 Å². The number of ether oxygens (including phenoxy) is 2. The van der Waals surface area contributed by atoms with Gasteiger partial charge < -0.3 is 18.8 Å². The van der Waals surface area contributed by atoms with Crippen LogP contribution in [0.1, 0.15) is 23.6 Å². The second-order valence-electron chi connectivity index (χ2n) is 6.56. The number of nitrogens with zero attached hydrogens (tertiary/aromatic N) is 1. The molecule has 0 unspecified atom stereocenters. The summed E-state index contributed by atoms with van der Waals surface area (Å²) in [4.78, 5) is 14.4. The van der Waals surface area contributed by atoms with Gasteiger partial charge in [0.05, 0.1) is 26.9 Å². The third-order valence-corrected chi connectivity index (χ3v) is 4.76. The van der Waals surface area contributed by atoms with Crippen LogP contribution in [0.4, 0.5) is 0 Å². The molecule has 0 aliphatic carbocycles. The first-order chi connectivity index (χ1) is 13.0. The predicted molar refractivity (Wildman–Crippen MR) is 105 cm³/mol. The minimum atomic E-state index is 0.0343. The zero-order valence-electron chi connectivity index (χ0n) is 16.2. The maximum absolute atomic E-state index is 12.7. The molecule has 0 saturated carbocycles. The SMILES string of the molecule is CCc1ccc2c(CC(=O)N(C)Cc3ccc(OC)c(OC)c3)coc2c1. The molecule has 0 saturated heterocycles. The van der Waals surface area contributed by atoms with E-state index < -0.39 is 0 Å². The molecule has 0 spiro atoms. The van der Waals surface area contributed by atoms with Crippen LogP contribution in [0.15, 0.2) is 47.1 Å². The largest absolute Gasteiger partial charge is 0.493 e. The second-order valence-corrected chi connectivity index (χ2v) is 6.56. The summed E-state index contributed by atoms with van der Waals surface area (Å²) < 4.78 is 16.2. The maximum atomic E-state index is 12.7. The molecular formula is C22H25NO4. The maximum Gasteiger partial charge on any atom is 0.227 e. The number of fused-ring (bicyclic) bond motifs is 1. The van der Waals surface area contributed by atoms with Gasteiger partial charge in [0.25, 0.3) is 0 Å². The van der Waals surface area contributed by atoms with Gasteiger partial charge in [-0.25, -0.2) is 0 Å². The highest BCUT2D eigenvalue weighted by Gasteiger charge is 2.15. The summed E-state index contributed by atoms with van der Waals surface area (Å²) in [5.74, 6) is 1.36. The van der Waals surface area contributed by atoms with Gasteiger partial charge in [-0.05, 0) is 35.7 Å². The van der Waals surface area contributed by atoms with Crippen LogP contribution in [-0.4, -0.2) is 32.1 Å². The third kappa shape index (κ3) is 4.08. The monoisotopic (exact) mass is 367 g/mol. The highest BCUT2D eigenvalue weighted by Crippen LogP contribution is 2.28. The van der Waals surface area contributed by atoms with Crippen molar-refractivity contribution in [1.82, 2.24) is 4.90 Å². The van der Waals surface area contributed by atoms with E-state index in [-0.39, 0.29) is 5.91 Å². The Morgan fingerprint density at radius 1 is 1.04 bits per heavy atom. The lowest BCUT2D eigenvalue weighted by Crippen LogP contribution is -2.27. The molecule has 1 aromatic heterocycles. The molecular weight excluding hydrogens is 342 g/mol. The van der Waals surface area contributed by atoms with Crippen molar-refractivity contribution in [2.24, 2.45) is 0 Å². The fraction of sp³-hybridized carbons (Fsp3) is 0.318. The van der Waals surface area contributed by atoms with E-state index >= 15 is 0 Å². The number of methoxy groups -OCH3 is 2. The molecule has 0 radical (unpaired) electrons. The molecule has 0 fully saturated rings. The van der Waals surface area contributed by atoms with Crippen LogP contribution in [0.25, 0.3) is 11.0 Å². The number of hydrogen-bond acceptors (Lipinski definition) is 4. The van der Waals surface area contributed by atoms with Crippen LogP contribution in [-0.2, 0) is 24.2 Å². The van der Waals surface area contributed by atoms with Crippen LogP contribution in [0, 0.1) is 0 Å². The molecule has 0 bridgehead atoms. The van der Waals surface area contributed by atoms with Crippen molar-refractivity contribution in [3.63, 3.8) is 0 Å². The number of likely N-dealkylation sites (N-methyl/N-ethyl adjacent to an activating group) is 1. The minimum absolute atomic E-state index is 0.0343. The zero-order valence-corrected chi connectivity index (χ0v) is 16.2. The van der Waals surface area contributed by atoms with E-state index in [0.29, 0.717) is 24.5 Å². The molecule has 2 aromatic carbocycles. The van der Waals surface area contributed by atoms with Gasteiger partial charge in [0.2, 0.25) is 5.91 Å². The predicted octanol–water partition coefficient (Wildman–Crippen LogP) is 4.21. The first-order valence-corrected chi connectivity index (χ1v) is 8.99. The van der Waals surface area contributed by atoms with Gasteiger partial charge in [-0.2, -0.15) is 0 Å². The van der Waals surface area contributed by atoms with E-state index in [1.165, 1.54) is 5.56 Å². The molecule has 0 aliphatic heterocycles. The van der Waals surface area contributed by atoms with Crippen molar-refractivity contribution in [3.8, 4) is 11.5 Å². The van der Waals surface area contributed by atoms with Gasteiger partial charge in [0.1, 0.15) is 5.58 Å². The fourth-order valence-electron chi connectivity index (χ4n) is 3.12. The molecule has 0 aliphatic rings. The summed E-state index contributed by atoms with van der Waals surface area (Å²) in [6.07, 6.45) is 2.95. The lowest BCUT2D eigenvalue weighted by molar-refractivity contribution is -0.129. The molecule has 1 amide bonds. The Bertz CT molecular complexity index is 945. The average molecular weight is 367 g/mol. The van der Waals surface area contributed by atoms with Crippen LogP contribution in [0.5, 0.6) is 11.5 Å². The number of rotatable bonds is 7. The lowest BCUT2D eigenvalue weighted by atomic mass is 10.1. The standard InChI is InChI=1S/C22H25NO4/c1-5-15-6-8-18-17(14-27-20(18)10-15)12-22(24)23(2)13-16-7-9-19(25-3)21(11-16)26-4/h6-11,14H,5,12-13H2,1-4H3. The second kappa shape index (κ2) is 8.16. The number of carbonyl (C=O) groups is 1. The Kier molecular flexibility index (Phi) is 5.69. The van der Waals surface area contributed by atoms with Crippen molar-refractivity contribution in [2.45, 2.75) is 26.3 Å². The third-order valence-electron chi connectivity index (χ3n) is 4.76. The van der Waals surface area contributed by atoms with Gasteiger partial charge in [-0.15, -0.1) is 0 Å². The van der Waals surface area contributed by atoms with Crippen molar-refractivity contribution in [3.05, 3.63) is 59.4 Å². The highest BCUT2D eigenvalue weighted by molar-refractivity contribution is 5.87. The number of aryl methyl sites for hydroxylation is 1. The van der Waals surface area contributed by atoms with Gasteiger partial charge in [0, 0.05) is 24.5 Å². The number of amides is 1. The van der Waals surface area contributed by atoms with Crippen molar-refractivity contribution < 1.29 is 18.7 Å². The summed E-state index contributed by atoms with van der Waals surface area (Å²) >= 11 is 0. The lowest BCUT2D eigenvalue weighted by Gasteiger charge is -2.18. The minimum Gasteiger partial charge on any atom is -0.493 e. The summed E-state index contributed by atoms with van der Waals surface area (Å²) in [7, 11) is 5.01. The van der Waals surface area contributed by atoms with E-state index in [1.54, 1.807) is 32.4 Å². The Morgan fingerprint density at radius 2 is 1.78 bits per heavy atom. The van der Waals surface area contributed by atoms with Gasteiger partial charge >= 0.3 is 0 Å². The number of carbonyl (C=O) groups excluding carboxylic acids is 1. The molecule has 27 heavy (non-hydrogen) atoms. The number of hydrogen-bond donors (Lipinski definition) is 0. The van der Waals surface area contributed by atoms with E-state index in [4.69, 9.17) is 13.9 Å². The topological polar surface area (TPSA) is 51.9 Å². The molecule has 5 heteroatoms. The fourth-order valence-corrected chi connectivity index (χ4v) is 3.12. The molecule has 5 nitrogen and oxygen atoms in total. The summed E-state index contributed by atoms with van der Waals surface area (Å²) in [6.45, 7) is 2.60. The van der Waals surface area contributed by atoms with E-state index in [1.807, 2.05) is 30.3 Å². The summed E-state index contributed by atoms with van der Waals surface area (Å²) in [6, 6.07) is 11.8. The van der Waals surface area contributed by atoms with E-state index in [2.05, 4.69) is 13.0 Å². The van der Waals surface area contributed by atoms with Crippen LogP contribution < -0.4 is 9.47 Å². The van der Waals surface area contributed by atoms with Crippen molar-refractivity contribution in [1.29, 1.82) is 0 Å². The molecule has 0 atom stereocenters. The Hall–Kier alpha value is -2.95. The molecule has 142 valence electrons. The van der Waals surface area contributed by atoms with Crippen molar-refractivity contribution >= 4 is 16.9 Å². The normalized spacial score (nSPS) is 10.8.